The maximum Gasteiger partial charge on any atom is 0.338 e. The van der Waals surface area contributed by atoms with E-state index >= 15 is 0 Å². The predicted molar refractivity (Wildman–Crippen MR) is 83.2 cm³/mol. The van der Waals surface area contributed by atoms with Crippen molar-refractivity contribution in [3.8, 4) is 0 Å². The molecule has 0 aliphatic rings. The van der Waals surface area contributed by atoms with Gasteiger partial charge in [0.05, 0.1) is 19.0 Å². The third kappa shape index (κ3) is 3.69. The summed E-state index contributed by atoms with van der Waals surface area (Å²) in [5.74, 6) is -0.279. The monoisotopic (exact) mass is 282 g/mol. The van der Waals surface area contributed by atoms with Crippen LogP contribution in [0.25, 0.3) is 10.8 Å². The molecule has 2 aromatic carbocycles. The Kier molecular flexibility index (Phi) is 4.72. The Morgan fingerprint density at radius 3 is 2.33 bits per heavy atom. The summed E-state index contributed by atoms with van der Waals surface area (Å²) in [6.45, 7) is 1.92. The minimum Gasteiger partial charge on any atom is -0.465 e. The second kappa shape index (κ2) is 6.70. The van der Waals surface area contributed by atoms with Gasteiger partial charge in [0.1, 0.15) is 0 Å². The van der Waals surface area contributed by atoms with Gasteiger partial charge in [0.15, 0.2) is 0 Å². The highest BCUT2D eigenvalue weighted by Crippen LogP contribution is 2.20. The highest BCUT2D eigenvalue weighted by molar-refractivity contribution is 5.97. The van der Waals surface area contributed by atoms with E-state index in [0.29, 0.717) is 5.56 Å². The Labute approximate surface area is 124 Å². The molecule has 1 heterocycles. The zero-order valence-corrected chi connectivity index (χ0v) is 12.4. The molecule has 0 aliphatic heterocycles. The number of aryl methyl sites for hydroxylation is 2. The van der Waals surface area contributed by atoms with Crippen molar-refractivity contribution in [2.75, 3.05) is 7.11 Å². The molecule has 21 heavy (non-hydrogen) atoms. The van der Waals surface area contributed by atoms with Gasteiger partial charge < -0.3 is 9.30 Å². The van der Waals surface area contributed by atoms with Crippen LogP contribution in [0.4, 0.5) is 0 Å². The standard InChI is InChI=1S/C13H12O2.C4H6N2/c1-9-7-10-5-3-4-6-11(10)8-12(9)13(14)15-2;1-6-3-2-5-4-6/h3-8H,1-2H3;2-4H,1H3. The van der Waals surface area contributed by atoms with Crippen molar-refractivity contribution < 1.29 is 9.53 Å². The molecule has 0 unspecified atom stereocenters. The first-order chi connectivity index (χ1) is 10.1. The van der Waals surface area contributed by atoms with Gasteiger partial charge in [-0.3, -0.25) is 0 Å². The molecular formula is C17H18N2O2. The third-order valence-electron chi connectivity index (χ3n) is 3.13. The molecule has 108 valence electrons. The Hall–Kier alpha value is -2.62. The van der Waals surface area contributed by atoms with Crippen LogP contribution in [0.15, 0.2) is 55.1 Å². The SMILES string of the molecule is COC(=O)c1cc2ccccc2cc1C.Cn1ccnc1. The first-order valence-corrected chi connectivity index (χ1v) is 6.61. The normalized spacial score (nSPS) is 9.86. The van der Waals surface area contributed by atoms with Crippen LogP contribution < -0.4 is 0 Å². The third-order valence-corrected chi connectivity index (χ3v) is 3.13. The van der Waals surface area contributed by atoms with E-state index in [1.165, 1.54) is 7.11 Å². The first-order valence-electron chi connectivity index (χ1n) is 6.61. The number of aromatic nitrogens is 2. The zero-order valence-electron chi connectivity index (χ0n) is 12.4. The van der Waals surface area contributed by atoms with Crippen molar-refractivity contribution in [2.24, 2.45) is 7.05 Å². The van der Waals surface area contributed by atoms with Gasteiger partial charge in [-0.05, 0) is 29.3 Å². The summed E-state index contributed by atoms with van der Waals surface area (Å²) in [5, 5.41) is 2.20. The maximum absolute atomic E-state index is 11.5. The number of carbonyl (C=O) groups excluding carboxylic acids is 1. The minimum atomic E-state index is -0.279. The fourth-order valence-corrected chi connectivity index (χ4v) is 2.01. The van der Waals surface area contributed by atoms with Crippen LogP contribution in [0, 0.1) is 6.92 Å². The molecule has 0 saturated heterocycles. The maximum atomic E-state index is 11.5. The Morgan fingerprint density at radius 1 is 1.19 bits per heavy atom. The fraction of sp³-hybridized carbons (Fsp3) is 0.176. The number of methoxy groups -OCH3 is 1. The molecule has 0 spiro atoms. The van der Waals surface area contributed by atoms with E-state index in [0.717, 1.165) is 16.3 Å². The van der Waals surface area contributed by atoms with Crippen molar-refractivity contribution >= 4 is 16.7 Å². The van der Waals surface area contributed by atoms with Crippen LogP contribution in [0.5, 0.6) is 0 Å². The van der Waals surface area contributed by atoms with E-state index in [-0.39, 0.29) is 5.97 Å². The quantitative estimate of drug-likeness (QED) is 0.643. The molecule has 0 aliphatic carbocycles. The van der Waals surface area contributed by atoms with Gasteiger partial charge in [0, 0.05) is 19.4 Å². The highest BCUT2D eigenvalue weighted by atomic mass is 16.5. The molecule has 4 heteroatoms. The molecule has 3 aromatic rings. The number of hydrogen-bond acceptors (Lipinski definition) is 3. The smallest absolute Gasteiger partial charge is 0.338 e. The Balaban J connectivity index is 0.000000225. The van der Waals surface area contributed by atoms with Crippen molar-refractivity contribution in [2.45, 2.75) is 6.92 Å². The molecule has 4 nitrogen and oxygen atoms in total. The first kappa shape index (κ1) is 14.8. The topological polar surface area (TPSA) is 44.1 Å². The average molecular weight is 282 g/mol. The van der Waals surface area contributed by atoms with E-state index in [2.05, 4.69) is 4.98 Å². The van der Waals surface area contributed by atoms with Crippen molar-refractivity contribution in [3.05, 3.63) is 66.2 Å². The second-order valence-electron chi connectivity index (χ2n) is 4.73. The number of ether oxygens (including phenoxy) is 1. The zero-order chi connectivity index (χ0) is 15.2. The minimum absolute atomic E-state index is 0.279. The molecule has 0 fully saturated rings. The fourth-order valence-electron chi connectivity index (χ4n) is 2.01. The van der Waals surface area contributed by atoms with Crippen LogP contribution in [-0.2, 0) is 11.8 Å². The molecule has 0 saturated carbocycles. The Bertz CT molecular complexity index is 734. The van der Waals surface area contributed by atoms with Crippen LogP contribution in [-0.4, -0.2) is 22.6 Å². The van der Waals surface area contributed by atoms with Gasteiger partial charge in [0.2, 0.25) is 0 Å². The predicted octanol–water partition coefficient (Wildman–Crippen LogP) is 3.35. The number of nitrogens with zero attached hydrogens (tertiary/aromatic N) is 2. The van der Waals surface area contributed by atoms with Crippen LogP contribution in [0.3, 0.4) is 0 Å². The van der Waals surface area contributed by atoms with Gasteiger partial charge in [-0.1, -0.05) is 30.3 Å². The Morgan fingerprint density at radius 2 is 1.86 bits per heavy atom. The molecule has 0 atom stereocenters. The number of hydrogen-bond donors (Lipinski definition) is 0. The summed E-state index contributed by atoms with van der Waals surface area (Å²) in [6, 6.07) is 11.8. The summed E-state index contributed by atoms with van der Waals surface area (Å²) < 4.78 is 6.62. The van der Waals surface area contributed by atoms with Gasteiger partial charge in [0.25, 0.3) is 0 Å². The van der Waals surface area contributed by atoms with Crippen molar-refractivity contribution in [1.29, 1.82) is 0 Å². The summed E-state index contributed by atoms with van der Waals surface area (Å²) >= 11 is 0. The molecule has 0 radical (unpaired) electrons. The van der Waals surface area contributed by atoms with Gasteiger partial charge >= 0.3 is 5.97 Å². The summed E-state index contributed by atoms with van der Waals surface area (Å²) in [6.07, 6.45) is 5.39. The molecule has 0 N–H and O–H groups in total. The lowest BCUT2D eigenvalue weighted by Gasteiger charge is -2.05. The van der Waals surface area contributed by atoms with E-state index in [4.69, 9.17) is 4.74 Å². The molecule has 1 aromatic heterocycles. The molecular weight excluding hydrogens is 264 g/mol. The largest absolute Gasteiger partial charge is 0.465 e. The van der Waals surface area contributed by atoms with E-state index in [1.54, 1.807) is 12.5 Å². The van der Waals surface area contributed by atoms with Gasteiger partial charge in [-0.25, -0.2) is 9.78 Å². The van der Waals surface area contributed by atoms with Gasteiger partial charge in [-0.2, -0.15) is 0 Å². The summed E-state index contributed by atoms with van der Waals surface area (Å²) in [4.78, 5) is 15.2. The molecule has 3 rings (SSSR count). The van der Waals surface area contributed by atoms with Crippen LogP contribution >= 0.6 is 0 Å². The van der Waals surface area contributed by atoms with Crippen LogP contribution in [0.2, 0.25) is 0 Å². The van der Waals surface area contributed by atoms with E-state index in [1.807, 2.05) is 61.1 Å². The van der Waals surface area contributed by atoms with Crippen LogP contribution in [0.1, 0.15) is 15.9 Å². The number of esters is 1. The lowest BCUT2D eigenvalue weighted by molar-refractivity contribution is 0.0600. The lowest BCUT2D eigenvalue weighted by Crippen LogP contribution is -2.03. The summed E-state index contributed by atoms with van der Waals surface area (Å²) in [5.41, 5.74) is 1.58. The van der Waals surface area contributed by atoms with Gasteiger partial charge in [-0.15, -0.1) is 0 Å². The van der Waals surface area contributed by atoms with Crippen molar-refractivity contribution in [1.82, 2.24) is 9.55 Å². The number of rotatable bonds is 1. The highest BCUT2D eigenvalue weighted by Gasteiger charge is 2.09. The van der Waals surface area contributed by atoms with E-state index in [9.17, 15) is 4.79 Å². The second-order valence-corrected chi connectivity index (χ2v) is 4.73. The molecule has 0 amide bonds. The lowest BCUT2D eigenvalue weighted by atomic mass is 10.0. The average Bonchev–Trinajstić information content (AvgIpc) is 2.97. The van der Waals surface area contributed by atoms with E-state index < -0.39 is 0 Å². The molecule has 0 bridgehead atoms. The van der Waals surface area contributed by atoms with Crippen molar-refractivity contribution in [3.63, 3.8) is 0 Å². The summed E-state index contributed by atoms with van der Waals surface area (Å²) in [7, 11) is 3.34. The number of imidazole rings is 1. The number of fused-ring (bicyclic) bond motifs is 1. The number of carbonyl (C=O) groups is 1. The number of benzene rings is 2.